The summed E-state index contributed by atoms with van der Waals surface area (Å²) in [6, 6.07) is 1.49. The fourth-order valence-corrected chi connectivity index (χ4v) is 1.15. The average Bonchev–Trinajstić information content (AvgIpc) is 2.25. The van der Waals surface area contributed by atoms with E-state index in [1.54, 1.807) is 6.92 Å². The maximum absolute atomic E-state index is 12.1. The first-order valence-corrected chi connectivity index (χ1v) is 5.21. The molecule has 0 amide bonds. The van der Waals surface area contributed by atoms with Gasteiger partial charge in [-0.15, -0.1) is 0 Å². The van der Waals surface area contributed by atoms with Crippen LogP contribution in [0.1, 0.15) is 12.7 Å². The Labute approximate surface area is 97.8 Å². The topological polar surface area (TPSA) is 67.3 Å². The Morgan fingerprint density at radius 2 is 2.18 bits per heavy atom. The van der Waals surface area contributed by atoms with Crippen molar-refractivity contribution < 1.29 is 18.6 Å². The van der Waals surface area contributed by atoms with Crippen molar-refractivity contribution >= 4 is 5.82 Å². The minimum Gasteiger partial charge on any atom is -0.478 e. The minimum atomic E-state index is -2.78. The molecule has 1 rings (SSSR count). The molecule has 0 spiro atoms. The molecule has 0 aliphatic carbocycles. The van der Waals surface area contributed by atoms with E-state index < -0.39 is 12.5 Å². The molecule has 1 aromatic rings. The number of aryl methyl sites for hydroxylation is 1. The fraction of sp³-hybridized carbons (Fsp3) is 0.600. The van der Waals surface area contributed by atoms with E-state index in [1.807, 2.05) is 6.92 Å². The Balaban J connectivity index is 2.64. The summed E-state index contributed by atoms with van der Waals surface area (Å²) in [5.41, 5.74) is 0. The lowest BCUT2D eigenvalue weighted by molar-refractivity contribution is 0.00380. The van der Waals surface area contributed by atoms with E-state index in [4.69, 9.17) is 9.84 Å². The standard InChI is InChI=1S/C10H15F2N3O2/c1-3-17-9-4-8(14-6(2)15-9)13-5-7(16)10(11)12/h4,7,10,16H,3,5H2,1-2H3,(H,13,14,15). The van der Waals surface area contributed by atoms with Crippen LogP contribution >= 0.6 is 0 Å². The maximum atomic E-state index is 12.1. The van der Waals surface area contributed by atoms with E-state index in [0.717, 1.165) is 0 Å². The quantitative estimate of drug-likeness (QED) is 0.791. The number of aromatic nitrogens is 2. The zero-order chi connectivity index (χ0) is 12.8. The highest BCUT2D eigenvalue weighted by atomic mass is 19.3. The van der Waals surface area contributed by atoms with Crippen LogP contribution in [0.3, 0.4) is 0 Å². The highest BCUT2D eigenvalue weighted by molar-refractivity contribution is 5.38. The molecule has 0 saturated heterocycles. The van der Waals surface area contributed by atoms with Crippen LogP contribution in [0.5, 0.6) is 5.88 Å². The number of rotatable bonds is 6. The van der Waals surface area contributed by atoms with Gasteiger partial charge in [0.25, 0.3) is 6.43 Å². The molecule has 1 heterocycles. The third-order valence-electron chi connectivity index (χ3n) is 1.89. The molecular weight excluding hydrogens is 232 g/mol. The predicted octanol–water partition coefficient (Wildman–Crippen LogP) is 1.22. The smallest absolute Gasteiger partial charge is 0.265 e. The normalized spacial score (nSPS) is 12.6. The number of hydrogen-bond acceptors (Lipinski definition) is 5. The number of aliphatic hydroxyl groups is 1. The van der Waals surface area contributed by atoms with Gasteiger partial charge < -0.3 is 15.2 Å². The van der Waals surface area contributed by atoms with Gasteiger partial charge in [-0.1, -0.05) is 0 Å². The average molecular weight is 247 g/mol. The largest absolute Gasteiger partial charge is 0.478 e. The Hall–Kier alpha value is -1.50. The van der Waals surface area contributed by atoms with Gasteiger partial charge in [-0.3, -0.25) is 0 Å². The Morgan fingerprint density at radius 3 is 2.76 bits per heavy atom. The molecule has 0 aromatic carbocycles. The van der Waals surface area contributed by atoms with Crippen LogP contribution in [0.15, 0.2) is 6.07 Å². The first kappa shape index (κ1) is 13.6. The van der Waals surface area contributed by atoms with Crippen LogP contribution in [-0.2, 0) is 0 Å². The summed E-state index contributed by atoms with van der Waals surface area (Å²) in [5.74, 6) is 1.18. The predicted molar refractivity (Wildman–Crippen MR) is 58.4 cm³/mol. The lowest BCUT2D eigenvalue weighted by Gasteiger charge is -2.12. The highest BCUT2D eigenvalue weighted by Gasteiger charge is 2.16. The zero-order valence-electron chi connectivity index (χ0n) is 9.65. The van der Waals surface area contributed by atoms with Gasteiger partial charge in [0.05, 0.1) is 6.61 Å². The Bertz CT molecular complexity index is 363. The monoisotopic (exact) mass is 247 g/mol. The van der Waals surface area contributed by atoms with Crippen LogP contribution in [0.25, 0.3) is 0 Å². The van der Waals surface area contributed by atoms with Crippen molar-refractivity contribution in [2.45, 2.75) is 26.4 Å². The van der Waals surface area contributed by atoms with Crippen LogP contribution < -0.4 is 10.1 Å². The lowest BCUT2D eigenvalue weighted by Crippen LogP contribution is -2.27. The van der Waals surface area contributed by atoms with Gasteiger partial charge in [-0.05, 0) is 13.8 Å². The number of alkyl halides is 2. The van der Waals surface area contributed by atoms with E-state index >= 15 is 0 Å². The number of nitrogens with one attached hydrogen (secondary N) is 1. The molecule has 96 valence electrons. The van der Waals surface area contributed by atoms with Crippen molar-refractivity contribution in [2.75, 3.05) is 18.5 Å². The first-order chi connectivity index (χ1) is 8.02. The first-order valence-electron chi connectivity index (χ1n) is 5.21. The van der Waals surface area contributed by atoms with Crippen molar-refractivity contribution in [2.24, 2.45) is 0 Å². The molecule has 0 radical (unpaired) electrons. The van der Waals surface area contributed by atoms with Gasteiger partial charge in [-0.2, -0.15) is 4.98 Å². The molecule has 0 aliphatic heterocycles. The van der Waals surface area contributed by atoms with E-state index in [9.17, 15) is 8.78 Å². The summed E-state index contributed by atoms with van der Waals surface area (Å²) < 4.78 is 29.3. The molecule has 1 unspecified atom stereocenters. The summed E-state index contributed by atoms with van der Waals surface area (Å²) >= 11 is 0. The molecule has 1 aromatic heterocycles. The number of aliphatic hydroxyl groups excluding tert-OH is 1. The van der Waals surface area contributed by atoms with Crippen molar-refractivity contribution in [3.63, 3.8) is 0 Å². The number of anilines is 1. The van der Waals surface area contributed by atoms with Gasteiger partial charge in [-0.25, -0.2) is 13.8 Å². The van der Waals surface area contributed by atoms with E-state index in [0.29, 0.717) is 24.1 Å². The number of nitrogens with zero attached hydrogens (tertiary/aromatic N) is 2. The molecule has 0 aliphatic rings. The molecule has 0 saturated carbocycles. The van der Waals surface area contributed by atoms with Crippen molar-refractivity contribution in [3.8, 4) is 5.88 Å². The molecular formula is C10H15F2N3O2. The van der Waals surface area contributed by atoms with E-state index in [1.165, 1.54) is 6.07 Å². The van der Waals surface area contributed by atoms with Crippen LogP contribution in [-0.4, -0.2) is 40.8 Å². The number of hydrogen-bond donors (Lipinski definition) is 2. The zero-order valence-corrected chi connectivity index (χ0v) is 9.65. The van der Waals surface area contributed by atoms with Crippen LogP contribution in [0, 0.1) is 6.92 Å². The maximum Gasteiger partial charge on any atom is 0.265 e. The van der Waals surface area contributed by atoms with Gasteiger partial charge in [0.2, 0.25) is 5.88 Å². The van der Waals surface area contributed by atoms with Gasteiger partial charge >= 0.3 is 0 Å². The summed E-state index contributed by atoms with van der Waals surface area (Å²) in [4.78, 5) is 7.99. The summed E-state index contributed by atoms with van der Waals surface area (Å²) in [6.07, 6.45) is -4.50. The van der Waals surface area contributed by atoms with Crippen molar-refractivity contribution in [1.82, 2.24) is 9.97 Å². The van der Waals surface area contributed by atoms with Gasteiger partial charge in [0.15, 0.2) is 0 Å². The van der Waals surface area contributed by atoms with Crippen LogP contribution in [0.4, 0.5) is 14.6 Å². The Kier molecular flexibility index (Phi) is 5.02. The summed E-state index contributed by atoms with van der Waals surface area (Å²) in [5, 5.41) is 11.5. The summed E-state index contributed by atoms with van der Waals surface area (Å²) in [7, 11) is 0. The van der Waals surface area contributed by atoms with Gasteiger partial charge in [0.1, 0.15) is 17.7 Å². The van der Waals surface area contributed by atoms with Crippen molar-refractivity contribution in [1.29, 1.82) is 0 Å². The summed E-state index contributed by atoms with van der Waals surface area (Å²) in [6.45, 7) is 3.65. The molecule has 5 nitrogen and oxygen atoms in total. The third kappa shape index (κ3) is 4.48. The number of ether oxygens (including phenoxy) is 1. The molecule has 7 heteroatoms. The van der Waals surface area contributed by atoms with E-state index in [-0.39, 0.29) is 6.54 Å². The van der Waals surface area contributed by atoms with Gasteiger partial charge in [0, 0.05) is 12.6 Å². The molecule has 0 bridgehead atoms. The lowest BCUT2D eigenvalue weighted by atomic mass is 10.3. The van der Waals surface area contributed by atoms with E-state index in [2.05, 4.69) is 15.3 Å². The Morgan fingerprint density at radius 1 is 1.47 bits per heavy atom. The van der Waals surface area contributed by atoms with Crippen LogP contribution in [0.2, 0.25) is 0 Å². The fourth-order valence-electron chi connectivity index (χ4n) is 1.15. The molecule has 1 atom stereocenters. The number of halogens is 2. The molecule has 2 N–H and O–H groups in total. The third-order valence-corrected chi connectivity index (χ3v) is 1.89. The SMILES string of the molecule is CCOc1cc(NCC(O)C(F)F)nc(C)n1. The molecule has 0 fully saturated rings. The van der Waals surface area contributed by atoms with Crippen molar-refractivity contribution in [3.05, 3.63) is 11.9 Å². The second kappa shape index (κ2) is 6.29. The highest BCUT2D eigenvalue weighted by Crippen LogP contribution is 2.13. The molecule has 17 heavy (non-hydrogen) atoms. The second-order valence-electron chi connectivity index (χ2n) is 3.35. The second-order valence-corrected chi connectivity index (χ2v) is 3.35. The minimum absolute atomic E-state index is 0.278.